The summed E-state index contributed by atoms with van der Waals surface area (Å²) in [5.74, 6) is 1.56. The lowest BCUT2D eigenvalue weighted by Crippen LogP contribution is -2.44. The van der Waals surface area contributed by atoms with Gasteiger partial charge in [0.2, 0.25) is 0 Å². The van der Waals surface area contributed by atoms with Crippen LogP contribution in [0.3, 0.4) is 0 Å². The molecule has 0 spiro atoms. The quantitative estimate of drug-likeness (QED) is 0.867. The largest absolute Gasteiger partial charge is 0.330 e. The Balaban J connectivity index is 1.98. The molecule has 3 nitrogen and oxygen atoms in total. The van der Waals surface area contributed by atoms with Crippen molar-refractivity contribution in [2.45, 2.75) is 51.6 Å². The van der Waals surface area contributed by atoms with Crippen LogP contribution < -0.4 is 5.73 Å². The van der Waals surface area contributed by atoms with Crippen molar-refractivity contribution < 1.29 is 0 Å². The molecule has 20 heavy (non-hydrogen) atoms. The van der Waals surface area contributed by atoms with E-state index in [4.69, 9.17) is 5.73 Å². The number of pyridine rings is 1. The number of nitrogens with zero attached hydrogens (tertiary/aromatic N) is 2. The van der Waals surface area contributed by atoms with Crippen LogP contribution in [-0.2, 0) is 6.54 Å². The molecule has 1 aromatic heterocycles. The van der Waals surface area contributed by atoms with Crippen LogP contribution >= 0.6 is 0 Å². The highest BCUT2D eigenvalue weighted by Gasteiger charge is 2.31. The van der Waals surface area contributed by atoms with Gasteiger partial charge in [-0.25, -0.2) is 0 Å². The Hall–Kier alpha value is -0.930. The van der Waals surface area contributed by atoms with Crippen molar-refractivity contribution in [2.75, 3.05) is 13.6 Å². The van der Waals surface area contributed by atoms with Gasteiger partial charge in [-0.3, -0.25) is 9.88 Å². The summed E-state index contributed by atoms with van der Waals surface area (Å²) < 4.78 is 0. The van der Waals surface area contributed by atoms with E-state index in [9.17, 15) is 0 Å². The number of hydrogen-bond acceptors (Lipinski definition) is 3. The van der Waals surface area contributed by atoms with E-state index in [0.717, 1.165) is 19.0 Å². The predicted octanol–water partition coefficient (Wildman–Crippen LogP) is 3.06. The van der Waals surface area contributed by atoms with E-state index in [0.29, 0.717) is 12.0 Å². The summed E-state index contributed by atoms with van der Waals surface area (Å²) in [6, 6.07) is 4.86. The van der Waals surface area contributed by atoms with Gasteiger partial charge in [0, 0.05) is 25.0 Å². The molecule has 2 rings (SSSR count). The topological polar surface area (TPSA) is 42.1 Å². The van der Waals surface area contributed by atoms with Crippen LogP contribution in [0.2, 0.25) is 0 Å². The Bertz CT molecular complexity index is 379. The minimum absolute atomic E-state index is 0.637. The fraction of sp³-hybridized carbons (Fsp3) is 0.706. The number of aromatic nitrogens is 1. The molecule has 2 N–H and O–H groups in total. The standard InChI is InChI=1S/C17H29N3/c1-3-4-14-5-6-16(12-18)17(11-14)20(2)13-15-7-9-19-10-8-15/h7-10,14,16-17H,3-6,11-13,18H2,1-2H3. The number of rotatable bonds is 6. The highest BCUT2D eigenvalue weighted by atomic mass is 15.1. The summed E-state index contributed by atoms with van der Waals surface area (Å²) >= 11 is 0. The maximum absolute atomic E-state index is 6.01. The van der Waals surface area contributed by atoms with Gasteiger partial charge in [-0.05, 0) is 56.0 Å². The molecule has 0 radical (unpaired) electrons. The zero-order valence-corrected chi connectivity index (χ0v) is 13.0. The van der Waals surface area contributed by atoms with Crippen LogP contribution in [0.1, 0.15) is 44.6 Å². The fourth-order valence-electron chi connectivity index (χ4n) is 3.67. The SMILES string of the molecule is CCCC1CCC(CN)C(N(C)Cc2ccncc2)C1. The molecule has 1 heterocycles. The first-order valence-electron chi connectivity index (χ1n) is 8.03. The molecule has 1 fully saturated rings. The second-order valence-corrected chi connectivity index (χ2v) is 6.30. The second kappa shape index (κ2) is 7.75. The minimum Gasteiger partial charge on any atom is -0.330 e. The first-order chi connectivity index (χ1) is 9.74. The Labute approximate surface area is 123 Å². The van der Waals surface area contributed by atoms with Crippen molar-refractivity contribution >= 4 is 0 Å². The van der Waals surface area contributed by atoms with Gasteiger partial charge in [-0.2, -0.15) is 0 Å². The Morgan fingerprint density at radius 2 is 2.05 bits per heavy atom. The third kappa shape index (κ3) is 4.03. The molecule has 1 aliphatic carbocycles. The van der Waals surface area contributed by atoms with Gasteiger partial charge in [-0.15, -0.1) is 0 Å². The predicted molar refractivity (Wildman–Crippen MR) is 84.3 cm³/mol. The number of nitrogens with two attached hydrogens (primary N) is 1. The van der Waals surface area contributed by atoms with Crippen LogP contribution in [0.15, 0.2) is 24.5 Å². The molecular formula is C17H29N3. The molecule has 1 aromatic rings. The Kier molecular flexibility index (Phi) is 5.99. The fourth-order valence-corrected chi connectivity index (χ4v) is 3.67. The molecule has 0 amide bonds. The van der Waals surface area contributed by atoms with E-state index in [-0.39, 0.29) is 0 Å². The molecule has 112 valence electrons. The summed E-state index contributed by atoms with van der Waals surface area (Å²) in [5, 5.41) is 0. The first kappa shape index (κ1) is 15.5. The highest BCUT2D eigenvalue weighted by molar-refractivity contribution is 5.09. The van der Waals surface area contributed by atoms with Gasteiger partial charge in [0.15, 0.2) is 0 Å². The molecule has 0 aliphatic heterocycles. The van der Waals surface area contributed by atoms with Gasteiger partial charge in [0.1, 0.15) is 0 Å². The van der Waals surface area contributed by atoms with Crippen molar-refractivity contribution in [3.8, 4) is 0 Å². The monoisotopic (exact) mass is 275 g/mol. The average Bonchev–Trinajstić information content (AvgIpc) is 2.48. The molecule has 0 saturated heterocycles. The van der Waals surface area contributed by atoms with Crippen molar-refractivity contribution in [1.29, 1.82) is 0 Å². The van der Waals surface area contributed by atoms with Crippen LogP contribution in [0.4, 0.5) is 0 Å². The lowest BCUT2D eigenvalue weighted by molar-refractivity contribution is 0.0947. The molecule has 0 bridgehead atoms. The second-order valence-electron chi connectivity index (χ2n) is 6.30. The van der Waals surface area contributed by atoms with Gasteiger partial charge < -0.3 is 5.73 Å². The van der Waals surface area contributed by atoms with Crippen molar-refractivity contribution in [1.82, 2.24) is 9.88 Å². The molecule has 1 aliphatic rings. The smallest absolute Gasteiger partial charge is 0.0271 e. The van der Waals surface area contributed by atoms with Crippen LogP contribution in [0.25, 0.3) is 0 Å². The summed E-state index contributed by atoms with van der Waals surface area (Å²) in [7, 11) is 2.25. The normalized spacial score (nSPS) is 26.9. The molecule has 1 saturated carbocycles. The maximum atomic E-state index is 6.01. The maximum Gasteiger partial charge on any atom is 0.0271 e. The van der Waals surface area contributed by atoms with Gasteiger partial charge in [0.05, 0.1) is 0 Å². The van der Waals surface area contributed by atoms with Crippen LogP contribution in [-0.4, -0.2) is 29.5 Å². The summed E-state index contributed by atoms with van der Waals surface area (Å²) in [5.41, 5.74) is 7.35. The molecule has 3 atom stereocenters. The highest BCUT2D eigenvalue weighted by Crippen LogP contribution is 2.34. The van der Waals surface area contributed by atoms with E-state index in [1.807, 2.05) is 12.4 Å². The first-order valence-corrected chi connectivity index (χ1v) is 8.03. The van der Waals surface area contributed by atoms with Gasteiger partial charge in [0.25, 0.3) is 0 Å². The summed E-state index contributed by atoms with van der Waals surface area (Å²) in [4.78, 5) is 6.60. The minimum atomic E-state index is 0.637. The third-order valence-electron chi connectivity index (χ3n) is 4.81. The van der Waals surface area contributed by atoms with Gasteiger partial charge in [-0.1, -0.05) is 26.2 Å². The van der Waals surface area contributed by atoms with E-state index >= 15 is 0 Å². The van der Waals surface area contributed by atoms with E-state index in [2.05, 4.69) is 36.0 Å². The Morgan fingerprint density at radius 1 is 1.30 bits per heavy atom. The zero-order chi connectivity index (χ0) is 14.4. The Morgan fingerprint density at radius 3 is 2.70 bits per heavy atom. The summed E-state index contributed by atoms with van der Waals surface area (Å²) in [6.07, 6.45) is 10.4. The van der Waals surface area contributed by atoms with Gasteiger partial charge >= 0.3 is 0 Å². The lowest BCUT2D eigenvalue weighted by atomic mass is 9.76. The molecule has 3 heteroatoms. The van der Waals surface area contributed by atoms with E-state index in [1.54, 1.807) is 0 Å². The van der Waals surface area contributed by atoms with Crippen LogP contribution in [0, 0.1) is 11.8 Å². The summed E-state index contributed by atoms with van der Waals surface area (Å²) in [6.45, 7) is 4.12. The van der Waals surface area contributed by atoms with Crippen molar-refractivity contribution in [3.05, 3.63) is 30.1 Å². The van der Waals surface area contributed by atoms with Crippen molar-refractivity contribution in [2.24, 2.45) is 17.6 Å². The third-order valence-corrected chi connectivity index (χ3v) is 4.81. The molecular weight excluding hydrogens is 246 g/mol. The number of hydrogen-bond donors (Lipinski definition) is 1. The van der Waals surface area contributed by atoms with E-state index < -0.39 is 0 Å². The van der Waals surface area contributed by atoms with Crippen molar-refractivity contribution in [3.63, 3.8) is 0 Å². The molecule has 0 aromatic carbocycles. The molecule has 3 unspecified atom stereocenters. The lowest BCUT2D eigenvalue weighted by Gasteiger charge is -2.41. The van der Waals surface area contributed by atoms with Crippen LogP contribution in [0.5, 0.6) is 0 Å². The van der Waals surface area contributed by atoms with E-state index in [1.165, 1.54) is 37.7 Å². The average molecular weight is 275 g/mol. The zero-order valence-electron chi connectivity index (χ0n) is 13.0.